The molecule has 0 spiro atoms. The summed E-state index contributed by atoms with van der Waals surface area (Å²) in [5, 5.41) is 3.49. The number of nitrogens with zero attached hydrogens (tertiary/aromatic N) is 1. The van der Waals surface area contributed by atoms with Crippen molar-refractivity contribution in [1.29, 1.82) is 0 Å². The van der Waals surface area contributed by atoms with E-state index in [0.29, 0.717) is 6.04 Å². The SMILES string of the molecule is CC1CN(Cc2ccc(-c3ccccc3)cc2)CCN1. The summed E-state index contributed by atoms with van der Waals surface area (Å²) in [6.45, 7) is 6.69. The van der Waals surface area contributed by atoms with Crippen LogP contribution in [0, 0.1) is 0 Å². The summed E-state index contributed by atoms with van der Waals surface area (Å²) in [4.78, 5) is 2.53. The first-order valence-corrected chi connectivity index (χ1v) is 7.41. The van der Waals surface area contributed by atoms with Gasteiger partial charge in [-0.05, 0) is 23.6 Å². The van der Waals surface area contributed by atoms with Crippen LogP contribution >= 0.6 is 0 Å². The highest BCUT2D eigenvalue weighted by Crippen LogP contribution is 2.20. The summed E-state index contributed by atoms with van der Waals surface area (Å²) >= 11 is 0. The van der Waals surface area contributed by atoms with Gasteiger partial charge >= 0.3 is 0 Å². The molecule has 2 nitrogen and oxygen atoms in total. The predicted molar refractivity (Wildman–Crippen MR) is 84.6 cm³/mol. The highest BCUT2D eigenvalue weighted by molar-refractivity contribution is 5.63. The normalized spacial score (nSPS) is 19.9. The molecule has 104 valence electrons. The van der Waals surface area contributed by atoms with Crippen LogP contribution in [0.2, 0.25) is 0 Å². The first kappa shape index (κ1) is 13.3. The van der Waals surface area contributed by atoms with Crippen LogP contribution in [0.1, 0.15) is 12.5 Å². The lowest BCUT2D eigenvalue weighted by molar-refractivity contribution is 0.199. The largest absolute Gasteiger partial charge is 0.312 e. The maximum atomic E-state index is 3.49. The van der Waals surface area contributed by atoms with E-state index >= 15 is 0 Å². The molecule has 0 amide bonds. The van der Waals surface area contributed by atoms with Crippen molar-refractivity contribution >= 4 is 0 Å². The lowest BCUT2D eigenvalue weighted by Crippen LogP contribution is -2.48. The van der Waals surface area contributed by atoms with Gasteiger partial charge in [0.1, 0.15) is 0 Å². The summed E-state index contributed by atoms with van der Waals surface area (Å²) in [7, 11) is 0. The molecular weight excluding hydrogens is 244 g/mol. The first-order chi connectivity index (χ1) is 9.81. The third-order valence-corrected chi connectivity index (χ3v) is 3.92. The quantitative estimate of drug-likeness (QED) is 0.918. The molecule has 1 atom stereocenters. The second kappa shape index (κ2) is 6.21. The molecule has 0 aromatic heterocycles. The Balaban J connectivity index is 1.67. The molecule has 2 aromatic rings. The Bertz CT molecular complexity index is 533. The second-order valence-electron chi connectivity index (χ2n) is 5.65. The molecule has 2 heteroatoms. The minimum absolute atomic E-state index is 0.604. The number of piperazine rings is 1. The Morgan fingerprint density at radius 3 is 2.40 bits per heavy atom. The lowest BCUT2D eigenvalue weighted by atomic mass is 10.0. The Morgan fingerprint density at radius 1 is 1.00 bits per heavy atom. The molecule has 0 bridgehead atoms. The van der Waals surface area contributed by atoms with Crippen molar-refractivity contribution in [3.8, 4) is 11.1 Å². The lowest BCUT2D eigenvalue weighted by Gasteiger charge is -2.31. The Labute approximate surface area is 121 Å². The number of rotatable bonds is 3. The molecule has 3 rings (SSSR count). The average molecular weight is 266 g/mol. The van der Waals surface area contributed by atoms with Gasteiger partial charge < -0.3 is 5.32 Å². The van der Waals surface area contributed by atoms with Gasteiger partial charge in [-0.1, -0.05) is 54.6 Å². The summed E-state index contributed by atoms with van der Waals surface area (Å²) < 4.78 is 0. The summed E-state index contributed by atoms with van der Waals surface area (Å²) in [5.74, 6) is 0. The molecule has 1 aliphatic heterocycles. The molecule has 1 aliphatic rings. The maximum absolute atomic E-state index is 3.49. The first-order valence-electron chi connectivity index (χ1n) is 7.41. The van der Waals surface area contributed by atoms with Gasteiger partial charge in [0, 0.05) is 32.2 Å². The minimum atomic E-state index is 0.604. The Hall–Kier alpha value is -1.64. The van der Waals surface area contributed by atoms with Gasteiger partial charge in [0.25, 0.3) is 0 Å². The fraction of sp³-hybridized carbons (Fsp3) is 0.333. The van der Waals surface area contributed by atoms with Crippen molar-refractivity contribution in [2.75, 3.05) is 19.6 Å². The fourth-order valence-electron chi connectivity index (χ4n) is 2.85. The third-order valence-electron chi connectivity index (χ3n) is 3.92. The minimum Gasteiger partial charge on any atom is -0.312 e. The van der Waals surface area contributed by atoms with Crippen LogP contribution < -0.4 is 5.32 Å². The topological polar surface area (TPSA) is 15.3 Å². The van der Waals surface area contributed by atoms with Crippen LogP contribution in [-0.2, 0) is 6.54 Å². The van der Waals surface area contributed by atoms with Gasteiger partial charge in [-0.2, -0.15) is 0 Å². The molecule has 2 aromatic carbocycles. The molecule has 20 heavy (non-hydrogen) atoms. The van der Waals surface area contributed by atoms with E-state index in [1.165, 1.54) is 16.7 Å². The van der Waals surface area contributed by atoms with Crippen molar-refractivity contribution in [2.45, 2.75) is 19.5 Å². The van der Waals surface area contributed by atoms with Gasteiger partial charge in [0.2, 0.25) is 0 Å². The number of benzene rings is 2. The van der Waals surface area contributed by atoms with E-state index in [4.69, 9.17) is 0 Å². The van der Waals surface area contributed by atoms with E-state index in [-0.39, 0.29) is 0 Å². The van der Waals surface area contributed by atoms with Crippen LogP contribution in [0.25, 0.3) is 11.1 Å². The van der Waals surface area contributed by atoms with Gasteiger partial charge in [-0.15, -0.1) is 0 Å². The van der Waals surface area contributed by atoms with Crippen molar-refractivity contribution in [1.82, 2.24) is 10.2 Å². The van der Waals surface area contributed by atoms with Crippen molar-refractivity contribution < 1.29 is 0 Å². The van der Waals surface area contributed by atoms with Gasteiger partial charge in [0.05, 0.1) is 0 Å². The van der Waals surface area contributed by atoms with Gasteiger partial charge in [-0.25, -0.2) is 0 Å². The van der Waals surface area contributed by atoms with E-state index in [9.17, 15) is 0 Å². The molecule has 1 saturated heterocycles. The summed E-state index contributed by atoms with van der Waals surface area (Å²) in [6.07, 6.45) is 0. The van der Waals surface area contributed by atoms with Gasteiger partial charge in [0.15, 0.2) is 0 Å². The van der Waals surface area contributed by atoms with Crippen molar-refractivity contribution in [3.05, 3.63) is 60.2 Å². The van der Waals surface area contributed by atoms with Crippen LogP contribution in [0.5, 0.6) is 0 Å². The maximum Gasteiger partial charge on any atom is 0.0234 e. The van der Waals surface area contributed by atoms with Crippen LogP contribution in [-0.4, -0.2) is 30.6 Å². The second-order valence-corrected chi connectivity index (χ2v) is 5.65. The van der Waals surface area contributed by atoms with E-state index in [1.54, 1.807) is 0 Å². The molecule has 0 saturated carbocycles. The Kier molecular flexibility index (Phi) is 4.14. The smallest absolute Gasteiger partial charge is 0.0234 e. The van der Waals surface area contributed by atoms with Crippen LogP contribution in [0.15, 0.2) is 54.6 Å². The van der Waals surface area contributed by atoms with Crippen molar-refractivity contribution in [2.24, 2.45) is 0 Å². The summed E-state index contributed by atoms with van der Waals surface area (Å²) in [5.41, 5.74) is 3.98. The van der Waals surface area contributed by atoms with Crippen molar-refractivity contribution in [3.63, 3.8) is 0 Å². The van der Waals surface area contributed by atoms with E-state index in [2.05, 4.69) is 71.7 Å². The zero-order valence-electron chi connectivity index (χ0n) is 12.0. The number of hydrogen-bond donors (Lipinski definition) is 1. The third kappa shape index (κ3) is 3.27. The summed E-state index contributed by atoms with van der Waals surface area (Å²) in [6, 6.07) is 20.1. The van der Waals surface area contributed by atoms with E-state index in [0.717, 1.165) is 26.2 Å². The number of hydrogen-bond acceptors (Lipinski definition) is 2. The molecule has 1 heterocycles. The van der Waals surface area contributed by atoms with Gasteiger partial charge in [-0.3, -0.25) is 4.90 Å². The molecule has 1 N–H and O–H groups in total. The highest BCUT2D eigenvalue weighted by atomic mass is 15.2. The number of nitrogens with one attached hydrogen (secondary N) is 1. The zero-order valence-corrected chi connectivity index (χ0v) is 12.0. The Morgan fingerprint density at radius 2 is 1.70 bits per heavy atom. The molecule has 0 radical (unpaired) electrons. The van der Waals surface area contributed by atoms with E-state index in [1.807, 2.05) is 0 Å². The van der Waals surface area contributed by atoms with Crippen LogP contribution in [0.3, 0.4) is 0 Å². The van der Waals surface area contributed by atoms with E-state index < -0.39 is 0 Å². The molecular formula is C18H22N2. The predicted octanol–water partition coefficient (Wildman–Crippen LogP) is 3.15. The molecule has 0 aliphatic carbocycles. The highest BCUT2D eigenvalue weighted by Gasteiger charge is 2.15. The fourth-order valence-corrected chi connectivity index (χ4v) is 2.85. The zero-order chi connectivity index (χ0) is 13.8. The standard InChI is InChI=1S/C18H22N2/c1-15-13-20(12-11-19-15)14-16-7-9-18(10-8-16)17-5-3-2-4-6-17/h2-10,15,19H,11-14H2,1H3. The monoisotopic (exact) mass is 266 g/mol. The van der Waals surface area contributed by atoms with Crippen LogP contribution in [0.4, 0.5) is 0 Å². The molecule has 1 unspecified atom stereocenters. The average Bonchev–Trinajstić information content (AvgIpc) is 2.49. The molecule has 1 fully saturated rings.